The molecule has 1 unspecified atom stereocenters. The molecular formula is C13H19ClN2O2. The molecule has 0 fully saturated rings. The van der Waals surface area contributed by atoms with Gasteiger partial charge in [-0.25, -0.2) is 0 Å². The monoisotopic (exact) mass is 270 g/mol. The highest BCUT2D eigenvalue weighted by atomic mass is 35.5. The number of rotatable bonds is 5. The van der Waals surface area contributed by atoms with Gasteiger partial charge in [-0.1, -0.05) is 11.6 Å². The fraction of sp³-hybridized carbons (Fsp3) is 0.462. The van der Waals surface area contributed by atoms with Crippen molar-refractivity contribution < 1.29 is 9.53 Å². The summed E-state index contributed by atoms with van der Waals surface area (Å²) < 4.78 is 5.55. The van der Waals surface area contributed by atoms with E-state index in [1.807, 2.05) is 19.1 Å². The Morgan fingerprint density at radius 2 is 2.22 bits per heavy atom. The maximum absolute atomic E-state index is 11.5. The van der Waals surface area contributed by atoms with Crippen LogP contribution in [-0.4, -0.2) is 37.0 Å². The van der Waals surface area contributed by atoms with Crippen molar-refractivity contribution in [2.45, 2.75) is 19.9 Å². The molecule has 1 aromatic carbocycles. The molecule has 0 spiro atoms. The fourth-order valence-electron chi connectivity index (χ4n) is 1.47. The Hall–Kier alpha value is -1.26. The lowest BCUT2D eigenvalue weighted by atomic mass is 10.2. The van der Waals surface area contributed by atoms with Crippen LogP contribution in [0.15, 0.2) is 18.2 Å². The summed E-state index contributed by atoms with van der Waals surface area (Å²) in [5.41, 5.74) is 6.48. The second kappa shape index (κ2) is 6.61. The van der Waals surface area contributed by atoms with Gasteiger partial charge in [0.2, 0.25) is 5.91 Å². The summed E-state index contributed by atoms with van der Waals surface area (Å²) in [7, 11) is 1.71. The van der Waals surface area contributed by atoms with Crippen molar-refractivity contribution >= 4 is 17.5 Å². The Morgan fingerprint density at radius 3 is 2.78 bits per heavy atom. The summed E-state index contributed by atoms with van der Waals surface area (Å²) in [5.74, 6) is 0.657. The summed E-state index contributed by atoms with van der Waals surface area (Å²) in [6, 6.07) is 4.99. The third-order valence-corrected chi connectivity index (χ3v) is 3.01. The molecule has 0 aromatic heterocycles. The molecule has 1 atom stereocenters. The normalized spacial score (nSPS) is 12.1. The van der Waals surface area contributed by atoms with Crippen LogP contribution in [0.4, 0.5) is 0 Å². The van der Waals surface area contributed by atoms with Gasteiger partial charge < -0.3 is 15.4 Å². The van der Waals surface area contributed by atoms with Gasteiger partial charge in [0.25, 0.3) is 0 Å². The number of likely N-dealkylation sites (N-methyl/N-ethyl adjacent to an activating group) is 1. The first-order valence-corrected chi connectivity index (χ1v) is 6.19. The second-order valence-corrected chi connectivity index (χ2v) is 4.72. The Kier molecular flexibility index (Phi) is 5.44. The fourth-order valence-corrected chi connectivity index (χ4v) is 1.58. The molecule has 0 radical (unpaired) electrons. The van der Waals surface area contributed by atoms with E-state index in [0.717, 1.165) is 11.3 Å². The molecule has 0 aliphatic heterocycles. The van der Waals surface area contributed by atoms with Crippen molar-refractivity contribution in [1.82, 2.24) is 4.90 Å². The highest BCUT2D eigenvalue weighted by molar-refractivity contribution is 6.31. The highest BCUT2D eigenvalue weighted by Gasteiger charge is 2.12. The van der Waals surface area contributed by atoms with E-state index in [9.17, 15) is 4.79 Å². The van der Waals surface area contributed by atoms with Gasteiger partial charge in [-0.3, -0.25) is 4.79 Å². The number of ether oxygens (including phenoxy) is 1. The summed E-state index contributed by atoms with van der Waals surface area (Å²) in [5, 5.41) is 0.714. The van der Waals surface area contributed by atoms with Gasteiger partial charge in [0.1, 0.15) is 12.4 Å². The SMILES string of the molecule is Cc1cc(OCCN(C)C(=O)C(C)N)ccc1Cl. The molecule has 1 rings (SSSR count). The van der Waals surface area contributed by atoms with E-state index in [4.69, 9.17) is 22.1 Å². The van der Waals surface area contributed by atoms with E-state index in [1.54, 1.807) is 24.9 Å². The quantitative estimate of drug-likeness (QED) is 0.888. The molecule has 0 aliphatic carbocycles. The Bertz CT molecular complexity index is 421. The molecule has 4 nitrogen and oxygen atoms in total. The molecule has 100 valence electrons. The van der Waals surface area contributed by atoms with Crippen LogP contribution in [0.25, 0.3) is 0 Å². The van der Waals surface area contributed by atoms with Crippen LogP contribution >= 0.6 is 11.6 Å². The molecule has 1 aromatic rings. The minimum absolute atomic E-state index is 0.0918. The lowest BCUT2D eigenvalue weighted by molar-refractivity contribution is -0.131. The first-order chi connectivity index (χ1) is 8.41. The van der Waals surface area contributed by atoms with Crippen molar-refractivity contribution in [2.24, 2.45) is 5.73 Å². The minimum atomic E-state index is -0.479. The predicted octanol–water partition coefficient (Wildman–Crippen LogP) is 1.83. The van der Waals surface area contributed by atoms with E-state index in [1.165, 1.54) is 0 Å². The summed E-state index contributed by atoms with van der Waals surface area (Å²) >= 11 is 5.92. The van der Waals surface area contributed by atoms with Gasteiger partial charge in [0, 0.05) is 12.1 Å². The molecule has 0 saturated carbocycles. The molecule has 0 heterocycles. The molecule has 18 heavy (non-hydrogen) atoms. The lowest BCUT2D eigenvalue weighted by Gasteiger charge is -2.19. The maximum Gasteiger partial charge on any atom is 0.239 e. The van der Waals surface area contributed by atoms with Gasteiger partial charge in [-0.15, -0.1) is 0 Å². The van der Waals surface area contributed by atoms with Gasteiger partial charge in [-0.05, 0) is 37.6 Å². The van der Waals surface area contributed by atoms with Crippen LogP contribution in [0.3, 0.4) is 0 Å². The zero-order valence-corrected chi connectivity index (χ0v) is 11.7. The number of hydrogen-bond acceptors (Lipinski definition) is 3. The van der Waals surface area contributed by atoms with Crippen LogP contribution in [0, 0.1) is 6.92 Å². The second-order valence-electron chi connectivity index (χ2n) is 4.31. The lowest BCUT2D eigenvalue weighted by Crippen LogP contribution is -2.41. The zero-order valence-electron chi connectivity index (χ0n) is 10.9. The van der Waals surface area contributed by atoms with Crippen molar-refractivity contribution in [2.75, 3.05) is 20.2 Å². The van der Waals surface area contributed by atoms with Crippen molar-refractivity contribution in [3.8, 4) is 5.75 Å². The van der Waals surface area contributed by atoms with E-state index in [2.05, 4.69) is 0 Å². The van der Waals surface area contributed by atoms with Gasteiger partial charge in [-0.2, -0.15) is 0 Å². The number of carbonyl (C=O) groups excluding carboxylic acids is 1. The number of benzene rings is 1. The molecule has 0 bridgehead atoms. The van der Waals surface area contributed by atoms with Crippen LogP contribution in [-0.2, 0) is 4.79 Å². The number of hydrogen-bond donors (Lipinski definition) is 1. The predicted molar refractivity (Wildman–Crippen MR) is 73.0 cm³/mol. The van der Waals surface area contributed by atoms with Crippen molar-refractivity contribution in [1.29, 1.82) is 0 Å². The zero-order chi connectivity index (χ0) is 13.7. The standard InChI is InChI=1S/C13H19ClN2O2/c1-9-8-11(4-5-12(9)14)18-7-6-16(3)13(17)10(2)15/h4-5,8,10H,6-7,15H2,1-3H3. The average Bonchev–Trinajstić information content (AvgIpc) is 2.32. The summed E-state index contributed by atoms with van der Waals surface area (Å²) in [4.78, 5) is 13.1. The number of carbonyl (C=O) groups is 1. The van der Waals surface area contributed by atoms with Crippen LogP contribution in [0.2, 0.25) is 5.02 Å². The van der Waals surface area contributed by atoms with E-state index in [-0.39, 0.29) is 5.91 Å². The largest absolute Gasteiger partial charge is 0.492 e. The first-order valence-electron chi connectivity index (χ1n) is 5.81. The third-order valence-electron chi connectivity index (χ3n) is 2.59. The van der Waals surface area contributed by atoms with E-state index < -0.39 is 6.04 Å². The number of halogens is 1. The smallest absolute Gasteiger partial charge is 0.239 e. The number of nitrogens with zero attached hydrogens (tertiary/aromatic N) is 1. The third kappa shape index (κ3) is 4.20. The Balaban J connectivity index is 2.42. The van der Waals surface area contributed by atoms with Crippen LogP contribution < -0.4 is 10.5 Å². The van der Waals surface area contributed by atoms with E-state index >= 15 is 0 Å². The van der Waals surface area contributed by atoms with Crippen LogP contribution in [0.1, 0.15) is 12.5 Å². The van der Waals surface area contributed by atoms with Gasteiger partial charge >= 0.3 is 0 Å². The molecule has 1 amide bonds. The molecule has 5 heteroatoms. The van der Waals surface area contributed by atoms with Gasteiger partial charge in [0.15, 0.2) is 0 Å². The summed E-state index contributed by atoms with van der Waals surface area (Å²) in [6.45, 7) is 4.52. The van der Waals surface area contributed by atoms with Gasteiger partial charge in [0.05, 0.1) is 12.6 Å². The minimum Gasteiger partial charge on any atom is -0.492 e. The molecule has 0 saturated heterocycles. The van der Waals surface area contributed by atoms with E-state index in [0.29, 0.717) is 18.2 Å². The topological polar surface area (TPSA) is 55.6 Å². The number of nitrogens with two attached hydrogens (primary N) is 1. The molecular weight excluding hydrogens is 252 g/mol. The Morgan fingerprint density at radius 1 is 1.56 bits per heavy atom. The number of amides is 1. The van der Waals surface area contributed by atoms with Crippen molar-refractivity contribution in [3.63, 3.8) is 0 Å². The molecule has 2 N–H and O–H groups in total. The maximum atomic E-state index is 11.5. The van der Waals surface area contributed by atoms with Crippen molar-refractivity contribution in [3.05, 3.63) is 28.8 Å². The van der Waals surface area contributed by atoms with Crippen LogP contribution in [0.5, 0.6) is 5.75 Å². The Labute approximate surface area is 113 Å². The highest BCUT2D eigenvalue weighted by Crippen LogP contribution is 2.20. The number of aryl methyl sites for hydroxylation is 1. The first kappa shape index (κ1) is 14.8. The summed E-state index contributed by atoms with van der Waals surface area (Å²) in [6.07, 6.45) is 0. The molecule has 0 aliphatic rings. The average molecular weight is 271 g/mol.